The number of urea groups is 1. The molecule has 2 aliphatic heterocycles. The number of nitrogens with zero attached hydrogens (tertiary/aromatic N) is 3. The zero-order valence-electron chi connectivity index (χ0n) is 13.2. The molecule has 1 atom stereocenters. The minimum Gasteiger partial charge on any atom is -0.342 e. The summed E-state index contributed by atoms with van der Waals surface area (Å²) in [6.45, 7) is 2.54. The molecule has 8 heteroatoms. The Morgan fingerprint density at radius 2 is 1.83 bits per heavy atom. The largest absolute Gasteiger partial charge is 0.342 e. The molecule has 2 fully saturated rings. The fourth-order valence-electron chi connectivity index (χ4n) is 2.97. The van der Waals surface area contributed by atoms with Gasteiger partial charge in [0.2, 0.25) is 12.3 Å². The third-order valence-corrected chi connectivity index (χ3v) is 4.59. The van der Waals surface area contributed by atoms with E-state index in [1.165, 1.54) is 0 Å². The van der Waals surface area contributed by atoms with Gasteiger partial charge in [-0.25, -0.2) is 4.79 Å². The topological polar surface area (TPSA) is 73.0 Å². The first-order chi connectivity index (χ1) is 11.6. The number of piperazine rings is 1. The van der Waals surface area contributed by atoms with Crippen LogP contribution in [0.1, 0.15) is 6.42 Å². The maximum absolute atomic E-state index is 12.3. The molecule has 1 N–H and O–H groups in total. The van der Waals surface area contributed by atoms with E-state index in [9.17, 15) is 14.4 Å². The van der Waals surface area contributed by atoms with Crippen molar-refractivity contribution in [1.29, 1.82) is 0 Å². The Labute approximate surface area is 145 Å². The number of rotatable bonds is 3. The minimum atomic E-state index is -0.218. The highest BCUT2D eigenvalue weighted by atomic mass is 35.5. The predicted octanol–water partition coefficient (Wildman–Crippen LogP) is 0.929. The maximum atomic E-state index is 12.3. The van der Waals surface area contributed by atoms with Crippen molar-refractivity contribution in [3.8, 4) is 0 Å². The number of carbonyl (C=O) groups is 3. The van der Waals surface area contributed by atoms with Gasteiger partial charge in [0, 0.05) is 49.9 Å². The van der Waals surface area contributed by atoms with E-state index in [0.717, 1.165) is 12.1 Å². The van der Waals surface area contributed by atoms with Crippen molar-refractivity contribution >= 4 is 35.6 Å². The lowest BCUT2D eigenvalue weighted by atomic mass is 10.2. The molecule has 0 bridgehead atoms. The zero-order valence-corrected chi connectivity index (χ0v) is 13.9. The Morgan fingerprint density at radius 1 is 1.17 bits per heavy atom. The summed E-state index contributed by atoms with van der Waals surface area (Å²) < 4.78 is 0. The average Bonchev–Trinajstić information content (AvgIpc) is 2.96. The van der Waals surface area contributed by atoms with E-state index in [0.29, 0.717) is 37.7 Å². The quantitative estimate of drug-likeness (QED) is 0.824. The molecule has 24 heavy (non-hydrogen) atoms. The van der Waals surface area contributed by atoms with Gasteiger partial charge in [-0.3, -0.25) is 9.59 Å². The molecule has 0 spiro atoms. The van der Waals surface area contributed by atoms with Gasteiger partial charge in [-0.15, -0.1) is 0 Å². The summed E-state index contributed by atoms with van der Waals surface area (Å²) in [5, 5.41) is 3.53. The van der Waals surface area contributed by atoms with Crippen LogP contribution in [0, 0.1) is 0 Å². The number of benzene rings is 1. The lowest BCUT2D eigenvalue weighted by Crippen LogP contribution is -2.53. The summed E-state index contributed by atoms with van der Waals surface area (Å²) in [5.74, 6) is -0.0200. The SMILES string of the molecule is O=CN1CCN(C(=O)N[C@H]2CC(=O)N(c3ccc(Cl)cc3)C2)CC1. The van der Waals surface area contributed by atoms with Gasteiger partial charge in [-0.1, -0.05) is 11.6 Å². The van der Waals surface area contributed by atoms with Crippen molar-refractivity contribution in [3.05, 3.63) is 29.3 Å². The molecule has 7 nitrogen and oxygen atoms in total. The molecule has 2 heterocycles. The first-order valence-corrected chi connectivity index (χ1v) is 8.25. The Bertz CT molecular complexity index is 629. The monoisotopic (exact) mass is 350 g/mol. The van der Waals surface area contributed by atoms with E-state index in [2.05, 4.69) is 5.32 Å². The van der Waals surface area contributed by atoms with E-state index in [-0.39, 0.29) is 24.4 Å². The highest BCUT2D eigenvalue weighted by molar-refractivity contribution is 6.30. The first kappa shape index (κ1) is 16.6. The minimum absolute atomic E-state index is 0.0200. The number of carbonyl (C=O) groups excluding carboxylic acids is 3. The molecular weight excluding hydrogens is 332 g/mol. The first-order valence-electron chi connectivity index (χ1n) is 7.87. The molecule has 0 aliphatic carbocycles. The second-order valence-electron chi connectivity index (χ2n) is 5.96. The number of halogens is 1. The van der Waals surface area contributed by atoms with Gasteiger partial charge < -0.3 is 20.0 Å². The highest BCUT2D eigenvalue weighted by Gasteiger charge is 2.32. The Hall–Kier alpha value is -2.28. The summed E-state index contributed by atoms with van der Waals surface area (Å²) >= 11 is 5.87. The lowest BCUT2D eigenvalue weighted by Gasteiger charge is -2.33. The number of nitrogens with one attached hydrogen (secondary N) is 1. The number of hydrogen-bond acceptors (Lipinski definition) is 3. The lowest BCUT2D eigenvalue weighted by molar-refractivity contribution is -0.119. The van der Waals surface area contributed by atoms with Crippen LogP contribution in [0.15, 0.2) is 24.3 Å². The molecule has 0 aromatic heterocycles. The smallest absolute Gasteiger partial charge is 0.317 e. The molecule has 1 aromatic carbocycles. The van der Waals surface area contributed by atoms with Crippen LogP contribution in [0.25, 0.3) is 0 Å². The van der Waals surface area contributed by atoms with Gasteiger partial charge in [0.05, 0.1) is 6.04 Å². The van der Waals surface area contributed by atoms with Gasteiger partial charge in [-0.05, 0) is 24.3 Å². The van der Waals surface area contributed by atoms with Crippen LogP contribution in [0.4, 0.5) is 10.5 Å². The zero-order chi connectivity index (χ0) is 17.1. The number of amides is 4. The van der Waals surface area contributed by atoms with Crippen LogP contribution in [0.2, 0.25) is 5.02 Å². The van der Waals surface area contributed by atoms with E-state index in [1.54, 1.807) is 39.0 Å². The summed E-state index contributed by atoms with van der Waals surface area (Å²) in [5.41, 5.74) is 0.778. The molecule has 1 aromatic rings. The maximum Gasteiger partial charge on any atom is 0.317 e. The van der Waals surface area contributed by atoms with Gasteiger partial charge >= 0.3 is 6.03 Å². The van der Waals surface area contributed by atoms with E-state index in [4.69, 9.17) is 11.6 Å². The van der Waals surface area contributed by atoms with Gasteiger partial charge in [-0.2, -0.15) is 0 Å². The second kappa shape index (κ2) is 7.09. The molecule has 0 radical (unpaired) electrons. The summed E-state index contributed by atoms with van der Waals surface area (Å²) in [6.07, 6.45) is 1.08. The standard InChI is InChI=1S/C16H19ClN4O3/c17-12-1-3-14(4-2-12)21-10-13(9-15(21)23)18-16(24)20-7-5-19(11-22)6-8-20/h1-4,11,13H,5-10H2,(H,18,24)/t13-/m0/s1. The Balaban J connectivity index is 1.55. The van der Waals surface area contributed by atoms with Gasteiger partial charge in [0.1, 0.15) is 0 Å². The fourth-order valence-corrected chi connectivity index (χ4v) is 3.10. The van der Waals surface area contributed by atoms with Crippen LogP contribution < -0.4 is 10.2 Å². The molecular formula is C16H19ClN4O3. The van der Waals surface area contributed by atoms with Crippen molar-refractivity contribution in [2.24, 2.45) is 0 Å². The van der Waals surface area contributed by atoms with Crippen molar-refractivity contribution in [2.45, 2.75) is 12.5 Å². The number of hydrogen-bond donors (Lipinski definition) is 1. The molecule has 2 saturated heterocycles. The third-order valence-electron chi connectivity index (χ3n) is 4.34. The normalized spacial score (nSPS) is 21.1. The summed E-state index contributed by atoms with van der Waals surface area (Å²) in [7, 11) is 0. The second-order valence-corrected chi connectivity index (χ2v) is 6.40. The molecule has 0 unspecified atom stereocenters. The Morgan fingerprint density at radius 3 is 2.46 bits per heavy atom. The van der Waals surface area contributed by atoms with Gasteiger partial charge in [0.15, 0.2) is 0 Å². The average molecular weight is 351 g/mol. The fraction of sp³-hybridized carbons (Fsp3) is 0.438. The van der Waals surface area contributed by atoms with Crippen LogP contribution in [-0.4, -0.2) is 66.9 Å². The van der Waals surface area contributed by atoms with Crippen molar-refractivity contribution in [2.75, 3.05) is 37.6 Å². The predicted molar refractivity (Wildman–Crippen MR) is 90.0 cm³/mol. The molecule has 4 amide bonds. The van der Waals surface area contributed by atoms with Crippen LogP contribution in [-0.2, 0) is 9.59 Å². The molecule has 0 saturated carbocycles. The van der Waals surface area contributed by atoms with E-state index < -0.39 is 0 Å². The molecule has 128 valence electrons. The van der Waals surface area contributed by atoms with Crippen molar-refractivity contribution < 1.29 is 14.4 Å². The third kappa shape index (κ3) is 3.62. The summed E-state index contributed by atoms with van der Waals surface area (Å²) in [4.78, 5) is 40.2. The molecule has 3 rings (SSSR count). The van der Waals surface area contributed by atoms with Gasteiger partial charge in [0.25, 0.3) is 0 Å². The van der Waals surface area contributed by atoms with Crippen LogP contribution in [0.3, 0.4) is 0 Å². The van der Waals surface area contributed by atoms with E-state index >= 15 is 0 Å². The van der Waals surface area contributed by atoms with Crippen LogP contribution >= 0.6 is 11.6 Å². The Kier molecular flexibility index (Phi) is 4.89. The molecule has 2 aliphatic rings. The summed E-state index contributed by atoms with van der Waals surface area (Å²) in [6, 6.07) is 6.67. The van der Waals surface area contributed by atoms with Crippen molar-refractivity contribution in [3.63, 3.8) is 0 Å². The van der Waals surface area contributed by atoms with E-state index in [1.807, 2.05) is 0 Å². The van der Waals surface area contributed by atoms with Crippen LogP contribution in [0.5, 0.6) is 0 Å². The highest BCUT2D eigenvalue weighted by Crippen LogP contribution is 2.23. The van der Waals surface area contributed by atoms with Crippen molar-refractivity contribution in [1.82, 2.24) is 15.1 Å². The number of anilines is 1.